The zero-order valence-corrected chi connectivity index (χ0v) is 18.5. The third-order valence-corrected chi connectivity index (χ3v) is 4.62. The Morgan fingerprint density at radius 1 is 0.926 bits per heavy atom. The van der Waals surface area contributed by atoms with E-state index in [1.807, 2.05) is 41.5 Å². The number of nitrogens with one attached hydrogen (secondary N) is 2. The lowest BCUT2D eigenvalue weighted by Gasteiger charge is -2.25. The summed E-state index contributed by atoms with van der Waals surface area (Å²) in [5, 5.41) is 6.70. The summed E-state index contributed by atoms with van der Waals surface area (Å²) in [7, 11) is -3.29. The predicted octanol–water partition coefficient (Wildman–Crippen LogP) is 1.59. The van der Waals surface area contributed by atoms with Gasteiger partial charge in [0.25, 0.3) is 0 Å². The molecule has 0 aliphatic rings. The van der Waals surface area contributed by atoms with Gasteiger partial charge in [-0.3, -0.25) is 9.59 Å². The second-order valence-corrected chi connectivity index (χ2v) is 10.3. The largest absolute Gasteiger partial charge is 0.348 e. The van der Waals surface area contributed by atoms with Gasteiger partial charge in [-0.15, -0.1) is 0 Å². The number of carbonyl (C=O) groups excluding carboxylic acids is 2. The molecule has 0 heterocycles. The fourth-order valence-corrected chi connectivity index (χ4v) is 2.96. The highest BCUT2D eigenvalue weighted by Gasteiger charge is 2.27. The standard InChI is InChI=1S/C19H37N3O4S/c1-12(2)10-15(8-9-27(7,25)26)21-18(23)16(11-13(3)4)22-19(24)17(20)14(5)6/h8-9,12-17H,10-11,20H2,1-7H3,(H,21,23)(H,22,24)/b9-8+/t15-,16+,17+/m1/s1. The molecule has 0 unspecified atom stereocenters. The van der Waals surface area contributed by atoms with E-state index < -0.39 is 28.0 Å². The Morgan fingerprint density at radius 3 is 1.85 bits per heavy atom. The summed E-state index contributed by atoms with van der Waals surface area (Å²) in [6, 6.07) is -1.84. The maximum Gasteiger partial charge on any atom is 0.243 e. The Bertz CT molecular complexity index is 612. The van der Waals surface area contributed by atoms with Gasteiger partial charge in [0.2, 0.25) is 11.8 Å². The molecule has 0 aliphatic carbocycles. The zero-order valence-electron chi connectivity index (χ0n) is 17.7. The van der Waals surface area contributed by atoms with Gasteiger partial charge in [0.15, 0.2) is 9.84 Å². The molecule has 0 aromatic rings. The molecule has 0 spiro atoms. The fourth-order valence-electron chi connectivity index (χ4n) is 2.49. The molecule has 0 aromatic carbocycles. The van der Waals surface area contributed by atoms with Crippen molar-refractivity contribution in [1.29, 1.82) is 0 Å². The van der Waals surface area contributed by atoms with E-state index in [1.165, 1.54) is 6.08 Å². The summed E-state index contributed by atoms with van der Waals surface area (Å²) in [6.45, 7) is 11.6. The molecule has 0 fully saturated rings. The van der Waals surface area contributed by atoms with Gasteiger partial charge in [-0.2, -0.15) is 0 Å². The van der Waals surface area contributed by atoms with Crippen LogP contribution in [0.2, 0.25) is 0 Å². The molecule has 7 nitrogen and oxygen atoms in total. The molecular formula is C19H37N3O4S. The number of amides is 2. The number of hydrogen-bond donors (Lipinski definition) is 3. The van der Waals surface area contributed by atoms with E-state index in [-0.39, 0.29) is 29.6 Å². The lowest BCUT2D eigenvalue weighted by molar-refractivity contribution is -0.130. The van der Waals surface area contributed by atoms with Crippen LogP contribution < -0.4 is 16.4 Å². The van der Waals surface area contributed by atoms with Gasteiger partial charge in [0.05, 0.1) is 6.04 Å². The molecule has 0 rings (SSSR count). The zero-order chi connectivity index (χ0) is 21.4. The van der Waals surface area contributed by atoms with Gasteiger partial charge < -0.3 is 16.4 Å². The van der Waals surface area contributed by atoms with Crippen molar-refractivity contribution in [2.24, 2.45) is 23.5 Å². The molecule has 158 valence electrons. The van der Waals surface area contributed by atoms with Crippen LogP contribution in [0.1, 0.15) is 54.4 Å². The van der Waals surface area contributed by atoms with Crippen molar-refractivity contribution in [3.05, 3.63) is 11.5 Å². The normalized spacial score (nSPS) is 16.0. The first kappa shape index (κ1) is 25.6. The van der Waals surface area contributed by atoms with Crippen molar-refractivity contribution in [1.82, 2.24) is 10.6 Å². The summed E-state index contributed by atoms with van der Waals surface area (Å²) in [5.41, 5.74) is 5.88. The maximum absolute atomic E-state index is 12.8. The first-order chi connectivity index (χ1) is 12.2. The summed E-state index contributed by atoms with van der Waals surface area (Å²) < 4.78 is 22.8. The van der Waals surface area contributed by atoms with Crippen LogP contribution >= 0.6 is 0 Å². The summed E-state index contributed by atoms with van der Waals surface area (Å²) in [5.74, 6) is -0.299. The van der Waals surface area contributed by atoms with Gasteiger partial charge in [-0.1, -0.05) is 47.6 Å². The Kier molecular flexibility index (Phi) is 10.8. The van der Waals surface area contributed by atoms with E-state index in [9.17, 15) is 18.0 Å². The Hall–Kier alpha value is -1.41. The number of sulfone groups is 1. The van der Waals surface area contributed by atoms with Crippen LogP contribution in [0.4, 0.5) is 0 Å². The average molecular weight is 404 g/mol. The first-order valence-electron chi connectivity index (χ1n) is 9.47. The van der Waals surface area contributed by atoms with Crippen molar-refractivity contribution in [3.8, 4) is 0 Å². The lowest BCUT2D eigenvalue weighted by Crippen LogP contribution is -2.54. The average Bonchev–Trinajstić information content (AvgIpc) is 2.49. The predicted molar refractivity (Wildman–Crippen MR) is 110 cm³/mol. The van der Waals surface area contributed by atoms with Crippen LogP contribution in [-0.4, -0.2) is 44.6 Å². The highest BCUT2D eigenvalue weighted by molar-refractivity contribution is 7.93. The molecule has 3 atom stereocenters. The van der Waals surface area contributed by atoms with Crippen molar-refractivity contribution >= 4 is 21.7 Å². The highest BCUT2D eigenvalue weighted by Crippen LogP contribution is 2.10. The van der Waals surface area contributed by atoms with E-state index in [0.717, 1.165) is 11.7 Å². The molecule has 27 heavy (non-hydrogen) atoms. The molecule has 0 radical (unpaired) electrons. The molecule has 2 amide bonds. The Labute approximate surface area is 164 Å². The maximum atomic E-state index is 12.8. The Balaban J connectivity index is 5.31. The minimum atomic E-state index is -3.29. The first-order valence-corrected chi connectivity index (χ1v) is 11.4. The molecule has 8 heteroatoms. The lowest BCUT2D eigenvalue weighted by atomic mass is 9.99. The van der Waals surface area contributed by atoms with Gasteiger partial charge in [-0.25, -0.2) is 8.42 Å². The van der Waals surface area contributed by atoms with Gasteiger partial charge in [0, 0.05) is 17.7 Å². The van der Waals surface area contributed by atoms with Crippen molar-refractivity contribution < 1.29 is 18.0 Å². The molecule has 0 saturated carbocycles. The molecule has 4 N–H and O–H groups in total. The summed E-state index contributed by atoms with van der Waals surface area (Å²) >= 11 is 0. The monoisotopic (exact) mass is 403 g/mol. The van der Waals surface area contributed by atoms with E-state index in [1.54, 1.807) is 0 Å². The van der Waals surface area contributed by atoms with E-state index in [4.69, 9.17) is 5.73 Å². The highest BCUT2D eigenvalue weighted by atomic mass is 32.2. The fraction of sp³-hybridized carbons (Fsp3) is 0.789. The number of hydrogen-bond acceptors (Lipinski definition) is 5. The van der Waals surface area contributed by atoms with Crippen molar-refractivity contribution in [3.63, 3.8) is 0 Å². The SMILES string of the molecule is CC(C)C[C@@H](/C=C/S(C)(=O)=O)NC(=O)[C@H](CC(C)C)NC(=O)[C@@H](N)C(C)C. The minimum Gasteiger partial charge on any atom is -0.348 e. The third-order valence-electron chi connectivity index (χ3n) is 3.97. The summed E-state index contributed by atoms with van der Waals surface area (Å²) in [6.07, 6.45) is 3.65. The van der Waals surface area contributed by atoms with Crippen molar-refractivity contribution in [2.45, 2.75) is 72.5 Å². The second-order valence-electron chi connectivity index (χ2n) is 8.36. The third kappa shape index (κ3) is 11.8. The van der Waals surface area contributed by atoms with Gasteiger partial charge >= 0.3 is 0 Å². The smallest absolute Gasteiger partial charge is 0.243 e. The van der Waals surface area contributed by atoms with Crippen LogP contribution in [0.3, 0.4) is 0 Å². The molecular weight excluding hydrogens is 366 g/mol. The van der Waals surface area contributed by atoms with Gasteiger partial charge in [-0.05, 0) is 30.6 Å². The topological polar surface area (TPSA) is 118 Å². The number of rotatable bonds is 11. The quantitative estimate of drug-likeness (QED) is 0.484. The number of carbonyl (C=O) groups is 2. The molecule has 0 saturated heterocycles. The second kappa shape index (κ2) is 11.4. The van der Waals surface area contributed by atoms with Crippen molar-refractivity contribution in [2.75, 3.05) is 6.26 Å². The minimum absolute atomic E-state index is 0.0425. The molecule has 0 aliphatic heterocycles. The van der Waals surface area contributed by atoms with Crippen LogP contribution in [0.15, 0.2) is 11.5 Å². The van der Waals surface area contributed by atoms with Crippen LogP contribution in [0, 0.1) is 17.8 Å². The van der Waals surface area contributed by atoms with Crippen LogP contribution in [0.5, 0.6) is 0 Å². The van der Waals surface area contributed by atoms with E-state index >= 15 is 0 Å². The van der Waals surface area contributed by atoms with E-state index in [2.05, 4.69) is 10.6 Å². The van der Waals surface area contributed by atoms with E-state index in [0.29, 0.717) is 12.8 Å². The molecule has 0 bridgehead atoms. The molecule has 0 aromatic heterocycles. The number of nitrogens with two attached hydrogens (primary N) is 1. The van der Waals surface area contributed by atoms with Crippen LogP contribution in [-0.2, 0) is 19.4 Å². The van der Waals surface area contributed by atoms with Crippen LogP contribution in [0.25, 0.3) is 0 Å². The van der Waals surface area contributed by atoms with Gasteiger partial charge in [0.1, 0.15) is 6.04 Å². The Morgan fingerprint density at radius 2 is 1.44 bits per heavy atom. The summed E-state index contributed by atoms with van der Waals surface area (Å²) in [4.78, 5) is 25.1.